The summed E-state index contributed by atoms with van der Waals surface area (Å²) in [4.78, 5) is 127. The standard InChI is InChI=1S/C76H116N8O23/c1-13-46(6)63(57(99-11)41-60(87)84-33-21-26-55(84)68(100-12)47(7)70(92)79-48(8)64(88)49-22-17-16-18-23-49)82(9)72(94)61(44(2)3)81-71(93)62(45(4)5)83(10)76(98)105-42-50-40-51(27-28-56(50)106-74-67(91)65(89)66(90)69(107-74)73(95)96)80-59(86)30-29-58(85)77-31-34-101-36-38-103-39-37-102-35-32-78-75(97)104-43-54-52-24-19-14-15-20-25-53(52)54/h16-18,22-23,27-28,40,44-48,52-55,57,61-69,74,88-91H,13,19-21,24-26,29-39,41-43H2,1-12H3,(H,77,85)(H,78,97)(H,79,92)(H,80,86)(H,81,93)(H,95,96)/t46-,47+,48+,52-,53+,54?,55-,57+,61-,62-,63-,64+,65?,66-,67?,68+,69?,74+/m0/s1. The van der Waals surface area contributed by atoms with Crippen molar-refractivity contribution in [2.45, 2.75) is 205 Å². The van der Waals surface area contributed by atoms with Crippen LogP contribution in [0.25, 0.3) is 0 Å². The van der Waals surface area contributed by atoms with Crippen LogP contribution in [0.3, 0.4) is 0 Å². The number of carbonyl (C=O) groups is 9. The minimum atomic E-state index is -2.04. The van der Waals surface area contributed by atoms with E-state index < -0.39 is 145 Å². The summed E-state index contributed by atoms with van der Waals surface area (Å²) in [7, 11) is 5.87. The summed E-state index contributed by atoms with van der Waals surface area (Å²) in [6, 6.07) is 8.71. The van der Waals surface area contributed by atoms with Gasteiger partial charge in [-0.3, -0.25) is 33.7 Å². The van der Waals surface area contributed by atoms with Crippen molar-refractivity contribution in [3.63, 3.8) is 0 Å². The summed E-state index contributed by atoms with van der Waals surface area (Å²) in [5.41, 5.74) is 0.744. The molecule has 2 heterocycles. The number of nitrogens with zero attached hydrogens (tertiary/aromatic N) is 3. The van der Waals surface area contributed by atoms with E-state index >= 15 is 0 Å². The van der Waals surface area contributed by atoms with Gasteiger partial charge in [0, 0.05) is 84.9 Å². The monoisotopic (exact) mass is 1510 g/mol. The number of benzene rings is 2. The highest BCUT2D eigenvalue weighted by Gasteiger charge is 2.51. The van der Waals surface area contributed by atoms with Gasteiger partial charge in [-0.05, 0) is 91.9 Å². The highest BCUT2D eigenvalue weighted by atomic mass is 16.7. The summed E-state index contributed by atoms with van der Waals surface area (Å²) in [6.07, 6.45) is -8.96. The van der Waals surface area contributed by atoms with Gasteiger partial charge in [-0.25, -0.2) is 14.4 Å². The van der Waals surface area contributed by atoms with Crippen molar-refractivity contribution in [2.75, 3.05) is 99.5 Å². The Balaban J connectivity index is 1.00. The van der Waals surface area contributed by atoms with E-state index in [1.54, 1.807) is 77.8 Å². The third kappa shape index (κ3) is 25.9. The molecule has 8 amide bonds. The molecule has 4 unspecified atom stereocenters. The predicted molar refractivity (Wildman–Crippen MR) is 389 cm³/mol. The van der Waals surface area contributed by atoms with Crippen LogP contribution in [0.2, 0.25) is 0 Å². The molecule has 2 aromatic carbocycles. The molecule has 598 valence electrons. The molecule has 31 heteroatoms. The SMILES string of the molecule is CC[C@H](C)[C@@H]([C@@H](CC(=O)N1CCC[C@H]1[C@H](OC)[C@@H](C)C(=O)N[C@H](C)[C@@H](O)c1ccccc1)OC)N(C)C(=O)[C@@H](NC(=O)[C@H](C(C)C)N(C)C(=O)OCc1cc(NC(=O)CCC(=O)NCCOCCOCCOCCNC(=O)OCC2[C@H]3CCC#CCC[C@@H]23)ccc1O[C@@H]1OC(C(=O)O)[C@@H](O)C(O)C1O)C(C)C. The van der Waals surface area contributed by atoms with Crippen LogP contribution in [-0.2, 0) is 78.1 Å². The smallest absolute Gasteiger partial charge is 0.410 e. The van der Waals surface area contributed by atoms with Gasteiger partial charge in [0.25, 0.3) is 0 Å². The largest absolute Gasteiger partial charge is 0.479 e. The van der Waals surface area contributed by atoms with Crippen LogP contribution in [0.15, 0.2) is 48.5 Å². The van der Waals surface area contributed by atoms with Gasteiger partial charge < -0.3 is 105 Å². The van der Waals surface area contributed by atoms with E-state index in [-0.39, 0.29) is 87.0 Å². The fraction of sp³-hybridized carbons (Fsp3) is 0.697. The van der Waals surface area contributed by atoms with Gasteiger partial charge in [0.15, 0.2) is 6.10 Å². The van der Waals surface area contributed by atoms with Crippen molar-refractivity contribution in [3.8, 4) is 17.6 Å². The Morgan fingerprint density at radius 3 is 1.93 bits per heavy atom. The quantitative estimate of drug-likeness (QED) is 0.0332. The summed E-state index contributed by atoms with van der Waals surface area (Å²) >= 11 is 0. The first-order valence-electron chi connectivity index (χ1n) is 37.3. The number of aliphatic carboxylic acids is 1. The molecule has 3 fully saturated rings. The molecule has 1 saturated carbocycles. The number of fused-ring (bicyclic) bond motifs is 1. The van der Waals surface area contributed by atoms with Crippen molar-refractivity contribution in [1.29, 1.82) is 0 Å². The fourth-order valence-electron chi connectivity index (χ4n) is 14.2. The number of aliphatic hydroxyl groups is 4. The van der Waals surface area contributed by atoms with E-state index in [1.807, 2.05) is 19.9 Å². The zero-order valence-corrected chi connectivity index (χ0v) is 63.9. The number of rotatable bonds is 43. The van der Waals surface area contributed by atoms with E-state index in [1.165, 1.54) is 44.4 Å². The summed E-state index contributed by atoms with van der Waals surface area (Å²) < 4.78 is 51.1. The Labute approximate surface area is 627 Å². The van der Waals surface area contributed by atoms with E-state index in [0.29, 0.717) is 75.5 Å². The third-order valence-electron chi connectivity index (χ3n) is 20.5. The maximum absolute atomic E-state index is 15.0. The van der Waals surface area contributed by atoms with Crippen molar-refractivity contribution < 1.29 is 111 Å². The molecule has 2 saturated heterocycles. The van der Waals surface area contributed by atoms with Crippen molar-refractivity contribution in [1.82, 2.24) is 36.0 Å². The zero-order chi connectivity index (χ0) is 78.6. The average Bonchev–Trinajstić information content (AvgIpc) is 1.62. The molecule has 4 aliphatic rings. The van der Waals surface area contributed by atoms with E-state index in [4.69, 9.17) is 42.6 Å². The molecule has 6 rings (SSSR count). The number of carbonyl (C=O) groups excluding carboxylic acids is 8. The topological polar surface area (TPSA) is 408 Å². The highest BCUT2D eigenvalue weighted by molar-refractivity contribution is 5.94. The van der Waals surface area contributed by atoms with E-state index in [9.17, 15) is 68.7 Å². The maximum Gasteiger partial charge on any atom is 0.410 e. The van der Waals surface area contributed by atoms with Gasteiger partial charge in [0.1, 0.15) is 42.8 Å². The summed E-state index contributed by atoms with van der Waals surface area (Å²) in [5, 5.41) is 66.4. The normalized spacial score (nSPS) is 22.9. The molecule has 10 N–H and O–H groups in total. The van der Waals surface area contributed by atoms with Crippen LogP contribution in [0.5, 0.6) is 5.75 Å². The predicted octanol–water partition coefficient (Wildman–Crippen LogP) is 3.90. The number of likely N-dealkylation sites (N-methyl/N-ethyl adjacent to an activating group) is 2. The Bertz CT molecular complexity index is 3250. The molecule has 2 aliphatic heterocycles. The van der Waals surface area contributed by atoms with Gasteiger partial charge in [-0.1, -0.05) is 85.2 Å². The number of methoxy groups -OCH3 is 2. The number of alkyl carbamates (subject to hydrolysis) is 1. The fourth-order valence-corrected chi connectivity index (χ4v) is 14.2. The first-order chi connectivity index (χ1) is 51.0. The molecule has 0 spiro atoms. The lowest BCUT2D eigenvalue weighted by molar-refractivity contribution is -0.271. The Hall–Kier alpha value is -7.77. The number of likely N-dealkylation sites (tertiary alicyclic amines) is 1. The van der Waals surface area contributed by atoms with Gasteiger partial charge in [-0.2, -0.15) is 0 Å². The second kappa shape index (κ2) is 44.0. The first-order valence-corrected chi connectivity index (χ1v) is 37.3. The molecule has 0 aromatic heterocycles. The van der Waals surface area contributed by atoms with E-state index in [2.05, 4.69) is 38.4 Å². The molecule has 2 aliphatic carbocycles. The average molecular weight is 1510 g/mol. The first kappa shape index (κ1) is 88.1. The zero-order valence-electron chi connectivity index (χ0n) is 63.9. The van der Waals surface area contributed by atoms with Gasteiger partial charge in [-0.15, -0.1) is 11.8 Å². The number of aliphatic hydroxyl groups excluding tert-OH is 4. The van der Waals surface area contributed by atoms with Gasteiger partial charge >= 0.3 is 18.2 Å². The summed E-state index contributed by atoms with van der Waals surface area (Å²) in [6.45, 7) is 16.3. The van der Waals surface area contributed by atoms with Crippen molar-refractivity contribution in [2.24, 2.45) is 41.4 Å². The number of carboxylic acids is 1. The molecule has 2 aromatic rings. The van der Waals surface area contributed by atoms with E-state index in [0.717, 1.165) is 30.6 Å². The number of ether oxygens (including phenoxy) is 9. The number of hydrogen-bond donors (Lipinski definition) is 10. The van der Waals surface area contributed by atoms with Crippen LogP contribution in [0.1, 0.15) is 137 Å². The highest BCUT2D eigenvalue weighted by Crippen LogP contribution is 2.52. The van der Waals surface area contributed by atoms with Crippen LogP contribution in [0.4, 0.5) is 15.3 Å². The number of anilines is 1. The van der Waals surface area contributed by atoms with Crippen molar-refractivity contribution in [3.05, 3.63) is 59.7 Å². The van der Waals surface area contributed by atoms with Crippen LogP contribution < -0.4 is 31.3 Å². The molecule has 0 bridgehead atoms. The second-order valence-corrected chi connectivity index (χ2v) is 28.7. The Morgan fingerprint density at radius 2 is 1.34 bits per heavy atom. The number of carboxylic acid groups (broad SMARTS) is 1. The molecular formula is C76H116N8O23. The van der Waals surface area contributed by atoms with Crippen LogP contribution >= 0.6 is 0 Å². The molecular weight excluding hydrogens is 1390 g/mol. The molecule has 31 nitrogen and oxygen atoms in total. The third-order valence-corrected chi connectivity index (χ3v) is 20.5. The number of hydrogen-bond acceptors (Lipinski definition) is 22. The number of nitrogens with one attached hydrogen (secondary N) is 5. The van der Waals surface area contributed by atoms with Gasteiger partial charge in [0.05, 0.1) is 95.0 Å². The molecule has 18 atom stereocenters. The van der Waals surface area contributed by atoms with Crippen molar-refractivity contribution >= 4 is 59.3 Å². The lowest BCUT2D eigenvalue weighted by Crippen LogP contribution is -2.61. The van der Waals surface area contributed by atoms with Gasteiger partial charge in [0.2, 0.25) is 41.7 Å². The molecule has 107 heavy (non-hydrogen) atoms. The Kier molecular flexibility index (Phi) is 36.3. The minimum absolute atomic E-state index is 0.0117. The number of amides is 8. The minimum Gasteiger partial charge on any atom is -0.479 e. The van der Waals surface area contributed by atoms with Crippen LogP contribution in [-0.4, -0.2) is 261 Å². The maximum atomic E-state index is 15.0. The summed E-state index contributed by atoms with van der Waals surface area (Å²) in [5.74, 6) is 1.15. The molecule has 0 radical (unpaired) electrons. The Morgan fingerprint density at radius 1 is 0.710 bits per heavy atom. The lowest BCUT2D eigenvalue weighted by atomic mass is 9.89. The second-order valence-electron chi connectivity index (χ2n) is 28.7. The lowest BCUT2D eigenvalue weighted by Gasteiger charge is -2.41. The van der Waals surface area contributed by atoms with Crippen LogP contribution in [0, 0.1) is 53.3 Å².